The van der Waals surface area contributed by atoms with E-state index in [1.54, 1.807) is 26.8 Å². The van der Waals surface area contributed by atoms with Crippen molar-refractivity contribution in [3.63, 3.8) is 0 Å². The van der Waals surface area contributed by atoms with Gasteiger partial charge < -0.3 is 20.8 Å². The number of nitrogens with two attached hydrogens (primary N) is 1. The summed E-state index contributed by atoms with van der Waals surface area (Å²) in [6.07, 6.45) is -0.495. The first-order valence-electron chi connectivity index (χ1n) is 7.80. The van der Waals surface area contributed by atoms with Gasteiger partial charge in [-0.15, -0.1) is 0 Å². The normalized spacial score (nSPS) is 12.1. The van der Waals surface area contributed by atoms with E-state index in [9.17, 15) is 9.59 Å². The Balaban J connectivity index is 2.16. The number of hydrogen-bond acceptors (Lipinski definition) is 4. The number of ether oxygens (including phenoxy) is 1. The second-order valence-electron chi connectivity index (χ2n) is 6.48. The predicted octanol–water partition coefficient (Wildman–Crippen LogP) is 1.87. The molecule has 5 N–H and O–H groups in total. The van der Waals surface area contributed by atoms with Crippen molar-refractivity contribution in [2.45, 2.75) is 32.9 Å². The highest BCUT2D eigenvalue weighted by Crippen LogP contribution is 2.20. The molecule has 25 heavy (non-hydrogen) atoms. The number of carbonyl (C=O) groups is 2. The van der Waals surface area contributed by atoms with Crippen molar-refractivity contribution in [3.05, 3.63) is 35.5 Å². The molecule has 0 aliphatic heterocycles. The smallest absolute Gasteiger partial charge is 0.407 e. The van der Waals surface area contributed by atoms with Gasteiger partial charge in [0, 0.05) is 24.5 Å². The van der Waals surface area contributed by atoms with Crippen molar-refractivity contribution >= 4 is 28.9 Å². The Morgan fingerprint density at radius 2 is 2.04 bits per heavy atom. The van der Waals surface area contributed by atoms with Crippen LogP contribution in [-0.4, -0.2) is 35.6 Å². The Hall–Kier alpha value is -3.03. The standard InChI is InChI=1S/C17H23N5O3/c1-17(2,3)25-16(24)20-9-10-6-5-7-12-11(10)8-13(21-12)14(23)22-15(18)19-4/h5-8,21H,9H2,1-4H3,(H,20,24)(H3,18,19,22,23). The van der Waals surface area contributed by atoms with Gasteiger partial charge in [0.15, 0.2) is 5.96 Å². The fourth-order valence-corrected chi connectivity index (χ4v) is 2.22. The Morgan fingerprint density at radius 3 is 2.68 bits per heavy atom. The van der Waals surface area contributed by atoms with Crippen LogP contribution in [0.5, 0.6) is 0 Å². The maximum atomic E-state index is 12.1. The highest BCUT2D eigenvalue weighted by atomic mass is 16.6. The molecule has 1 heterocycles. The van der Waals surface area contributed by atoms with Gasteiger partial charge in [-0.2, -0.15) is 0 Å². The summed E-state index contributed by atoms with van der Waals surface area (Å²) in [5, 5.41) is 6.01. The summed E-state index contributed by atoms with van der Waals surface area (Å²) in [5.74, 6) is -0.346. The molecule has 1 aromatic heterocycles. The number of hydrogen-bond donors (Lipinski definition) is 4. The third-order valence-corrected chi connectivity index (χ3v) is 3.30. The number of nitrogens with zero attached hydrogens (tertiary/aromatic N) is 1. The van der Waals surface area contributed by atoms with E-state index in [0.717, 1.165) is 16.5 Å². The fraction of sp³-hybridized carbons (Fsp3) is 0.353. The van der Waals surface area contributed by atoms with E-state index in [4.69, 9.17) is 10.5 Å². The topological polar surface area (TPSA) is 122 Å². The SMILES string of the molecule is CN=C(N)NC(=O)c1cc2c(CNC(=O)OC(C)(C)C)cccc2[nH]1. The average molecular weight is 345 g/mol. The summed E-state index contributed by atoms with van der Waals surface area (Å²) in [4.78, 5) is 30.6. The van der Waals surface area contributed by atoms with Crippen LogP contribution >= 0.6 is 0 Å². The van der Waals surface area contributed by atoms with Gasteiger partial charge in [-0.25, -0.2) is 4.79 Å². The quantitative estimate of drug-likeness (QED) is 0.501. The van der Waals surface area contributed by atoms with Crippen LogP contribution in [0, 0.1) is 0 Å². The first-order valence-corrected chi connectivity index (χ1v) is 7.80. The number of benzene rings is 1. The van der Waals surface area contributed by atoms with Crippen molar-refractivity contribution in [1.82, 2.24) is 15.6 Å². The van der Waals surface area contributed by atoms with Crippen LogP contribution in [0.15, 0.2) is 29.3 Å². The van der Waals surface area contributed by atoms with Crippen LogP contribution in [0.4, 0.5) is 4.79 Å². The van der Waals surface area contributed by atoms with Gasteiger partial charge in [0.2, 0.25) is 0 Å². The lowest BCUT2D eigenvalue weighted by atomic mass is 10.1. The number of rotatable bonds is 3. The van der Waals surface area contributed by atoms with E-state index in [0.29, 0.717) is 5.69 Å². The van der Waals surface area contributed by atoms with Crippen LogP contribution in [0.25, 0.3) is 10.9 Å². The van der Waals surface area contributed by atoms with Crippen molar-refractivity contribution in [3.8, 4) is 0 Å². The molecule has 2 rings (SSSR count). The Labute approximate surface area is 145 Å². The van der Waals surface area contributed by atoms with E-state index >= 15 is 0 Å². The molecule has 0 aliphatic carbocycles. The fourth-order valence-electron chi connectivity index (χ4n) is 2.22. The van der Waals surface area contributed by atoms with Gasteiger partial charge in [0.25, 0.3) is 5.91 Å². The van der Waals surface area contributed by atoms with Crippen LogP contribution in [0.2, 0.25) is 0 Å². The summed E-state index contributed by atoms with van der Waals surface area (Å²) in [6, 6.07) is 7.27. The molecule has 0 radical (unpaired) electrons. The molecule has 134 valence electrons. The molecule has 8 nitrogen and oxygen atoms in total. The molecule has 0 fully saturated rings. The number of guanidine groups is 1. The molecular formula is C17H23N5O3. The number of aromatic amines is 1. The number of amides is 2. The number of H-pyrrole nitrogens is 1. The monoisotopic (exact) mass is 345 g/mol. The molecule has 0 saturated carbocycles. The Kier molecular flexibility index (Phi) is 5.31. The number of aliphatic imine (C=N–C) groups is 1. The maximum absolute atomic E-state index is 12.1. The van der Waals surface area contributed by atoms with Gasteiger partial charge in [-0.1, -0.05) is 12.1 Å². The van der Waals surface area contributed by atoms with Crippen LogP contribution in [-0.2, 0) is 11.3 Å². The lowest BCUT2D eigenvalue weighted by Gasteiger charge is -2.19. The lowest BCUT2D eigenvalue weighted by Crippen LogP contribution is -2.36. The maximum Gasteiger partial charge on any atom is 0.407 e. The number of aromatic nitrogens is 1. The second kappa shape index (κ2) is 7.25. The number of carbonyl (C=O) groups excluding carboxylic acids is 2. The first kappa shape index (κ1) is 18.3. The molecule has 2 aromatic rings. The average Bonchev–Trinajstić information content (AvgIpc) is 2.95. The molecule has 0 aliphatic rings. The van der Waals surface area contributed by atoms with Gasteiger partial charge in [0.05, 0.1) is 0 Å². The van der Waals surface area contributed by atoms with Crippen molar-refractivity contribution in [1.29, 1.82) is 0 Å². The lowest BCUT2D eigenvalue weighted by molar-refractivity contribution is 0.0523. The van der Waals surface area contributed by atoms with Gasteiger partial charge >= 0.3 is 6.09 Å². The zero-order valence-corrected chi connectivity index (χ0v) is 14.8. The largest absolute Gasteiger partial charge is 0.444 e. The number of fused-ring (bicyclic) bond motifs is 1. The molecule has 8 heteroatoms. The predicted molar refractivity (Wildman–Crippen MR) is 96.4 cm³/mol. The van der Waals surface area contributed by atoms with E-state index in [1.165, 1.54) is 7.05 Å². The summed E-state index contributed by atoms with van der Waals surface area (Å²) in [7, 11) is 1.49. The van der Waals surface area contributed by atoms with E-state index in [-0.39, 0.29) is 18.4 Å². The molecule has 0 saturated heterocycles. The van der Waals surface area contributed by atoms with Crippen LogP contribution in [0.1, 0.15) is 36.8 Å². The first-order chi connectivity index (χ1) is 11.7. The third-order valence-electron chi connectivity index (χ3n) is 3.30. The van der Waals surface area contributed by atoms with Gasteiger partial charge in [-0.05, 0) is 38.5 Å². The summed E-state index contributed by atoms with van der Waals surface area (Å²) < 4.78 is 5.22. The minimum Gasteiger partial charge on any atom is -0.444 e. The Morgan fingerprint density at radius 1 is 1.32 bits per heavy atom. The molecule has 1 aromatic carbocycles. The summed E-state index contributed by atoms with van der Waals surface area (Å²) in [5.41, 5.74) is 6.94. The molecule has 0 atom stereocenters. The molecule has 0 unspecified atom stereocenters. The van der Waals surface area contributed by atoms with Crippen LogP contribution < -0.4 is 16.4 Å². The molecule has 0 spiro atoms. The van der Waals surface area contributed by atoms with E-state index in [1.807, 2.05) is 18.2 Å². The summed E-state index contributed by atoms with van der Waals surface area (Å²) in [6.45, 7) is 5.69. The van der Waals surface area contributed by atoms with Gasteiger partial charge in [-0.3, -0.25) is 15.1 Å². The van der Waals surface area contributed by atoms with E-state index in [2.05, 4.69) is 20.6 Å². The molecule has 2 amide bonds. The van der Waals surface area contributed by atoms with Crippen molar-refractivity contribution in [2.75, 3.05) is 7.05 Å². The zero-order valence-electron chi connectivity index (χ0n) is 14.8. The second-order valence-corrected chi connectivity index (χ2v) is 6.48. The minimum atomic E-state index is -0.559. The number of nitrogens with one attached hydrogen (secondary N) is 3. The zero-order chi connectivity index (χ0) is 18.6. The van der Waals surface area contributed by atoms with Crippen molar-refractivity contribution < 1.29 is 14.3 Å². The minimum absolute atomic E-state index is 0.0375. The summed E-state index contributed by atoms with van der Waals surface area (Å²) >= 11 is 0. The highest BCUT2D eigenvalue weighted by Gasteiger charge is 2.17. The van der Waals surface area contributed by atoms with Crippen LogP contribution in [0.3, 0.4) is 0 Å². The third kappa shape index (κ3) is 4.97. The number of alkyl carbamates (subject to hydrolysis) is 1. The molecular weight excluding hydrogens is 322 g/mol. The van der Waals surface area contributed by atoms with Crippen molar-refractivity contribution in [2.24, 2.45) is 10.7 Å². The van der Waals surface area contributed by atoms with Gasteiger partial charge in [0.1, 0.15) is 11.3 Å². The Bertz CT molecular complexity index is 817. The highest BCUT2D eigenvalue weighted by molar-refractivity contribution is 6.06. The van der Waals surface area contributed by atoms with E-state index < -0.39 is 11.7 Å². The molecule has 0 bridgehead atoms.